The Morgan fingerprint density at radius 3 is 2.49 bits per heavy atom. The number of amides is 1. The van der Waals surface area contributed by atoms with E-state index < -0.39 is 17.6 Å². The number of carbonyl (C=O) groups excluding carboxylic acids is 2. The topological polar surface area (TPSA) is 186 Å². The Hall–Kier alpha value is -3.36. The Labute approximate surface area is 407 Å². The molecule has 1 aromatic carbocycles. The number of ether oxygens (including phenoxy) is 2. The van der Waals surface area contributed by atoms with Gasteiger partial charge in [0, 0.05) is 73.3 Å². The summed E-state index contributed by atoms with van der Waals surface area (Å²) >= 11 is 0. The number of carbonyl (C=O) groups is 2. The Morgan fingerprint density at radius 2 is 1.70 bits per heavy atom. The highest BCUT2D eigenvalue weighted by Gasteiger charge is 2.57. The second-order valence-electron chi connectivity index (χ2n) is 22.2. The number of guanidine groups is 1. The summed E-state index contributed by atoms with van der Waals surface area (Å²) in [6, 6.07) is 5.97. The van der Waals surface area contributed by atoms with E-state index in [1.54, 1.807) is 6.20 Å². The number of esters is 1. The number of hydrogen-bond donors (Lipinski definition) is 5. The third kappa shape index (κ3) is 11.0. The molecule has 0 unspecified atom stereocenters. The molecule has 4 aliphatic carbocycles. The van der Waals surface area contributed by atoms with E-state index in [2.05, 4.69) is 27.2 Å². The van der Waals surface area contributed by atoms with Gasteiger partial charge in [-0.1, -0.05) is 60.1 Å². The van der Waals surface area contributed by atoms with Crippen molar-refractivity contribution in [3.05, 3.63) is 46.6 Å². The number of aliphatic hydroxyl groups excluding tert-OH is 1. The van der Waals surface area contributed by atoms with Crippen molar-refractivity contribution in [1.82, 2.24) is 15.2 Å². The molecule has 12 nitrogen and oxygen atoms in total. The highest BCUT2D eigenvalue weighted by Crippen LogP contribution is 2.64. The predicted molar refractivity (Wildman–Crippen MR) is 269 cm³/mol. The van der Waals surface area contributed by atoms with Crippen LogP contribution in [0, 0.1) is 22.2 Å². The maximum absolute atomic E-state index is 14.4. The summed E-state index contributed by atoms with van der Waals surface area (Å²) < 4.78 is 12.7. The number of pyridine rings is 1. The molecule has 3 spiro atoms. The summed E-state index contributed by atoms with van der Waals surface area (Å²) in [6.45, 7) is 2.66. The van der Waals surface area contributed by atoms with Crippen LogP contribution in [-0.2, 0) is 40.1 Å². The standard InChI is InChI=1S/C53H78N6O6S2/c1-36(60)64-42-15-13-39-29-40(47(63)48-43(39)16-14-38-10-8-12-44(38)65-48)33-59-34-51(32-46(59)62,31-37-17-26-56-45(54)28-37)25-27-57-49(55)58-53(24-9-23-52(53)21-6-7-22-52)67-66-35-50(19-4-5-20-50)18-3-2-11-41(61)30-42/h17,26,28-29,38,41-42,44,61,63H,2-16,18-25,27,30-35H2,1H3,(H2,54,56)(H3,55,57,58)/t38-,41-,42+,44+,51+,53+/m0/s1. The van der Waals surface area contributed by atoms with Crippen molar-refractivity contribution < 1.29 is 29.3 Å². The van der Waals surface area contributed by atoms with E-state index >= 15 is 0 Å². The number of phenols is 1. The molecule has 6 atom stereocenters. The van der Waals surface area contributed by atoms with Crippen LogP contribution in [0.3, 0.4) is 0 Å². The number of aliphatic hydroxyl groups is 1. The van der Waals surface area contributed by atoms with Crippen molar-refractivity contribution in [2.75, 3.05) is 24.6 Å². The van der Waals surface area contributed by atoms with Crippen molar-refractivity contribution in [3.63, 3.8) is 0 Å². The summed E-state index contributed by atoms with van der Waals surface area (Å²) in [5.74, 6) is 2.88. The van der Waals surface area contributed by atoms with Gasteiger partial charge in [-0.15, -0.1) is 0 Å². The molecule has 14 heteroatoms. The van der Waals surface area contributed by atoms with Crippen LogP contribution in [0.2, 0.25) is 0 Å². The van der Waals surface area contributed by atoms with Gasteiger partial charge in [-0.25, -0.2) is 4.98 Å². The van der Waals surface area contributed by atoms with Gasteiger partial charge in [-0.05, 0) is 156 Å². The molecule has 0 radical (unpaired) electrons. The molecule has 4 bridgehead atoms. The third-order valence-electron chi connectivity index (χ3n) is 17.5. The van der Waals surface area contributed by atoms with Crippen molar-refractivity contribution in [2.45, 2.75) is 204 Å². The van der Waals surface area contributed by atoms with E-state index in [4.69, 9.17) is 25.9 Å². The Morgan fingerprint density at radius 1 is 0.925 bits per heavy atom. The van der Waals surface area contributed by atoms with Crippen LogP contribution in [-0.4, -0.2) is 80.0 Å². The van der Waals surface area contributed by atoms with Gasteiger partial charge in [0.1, 0.15) is 22.9 Å². The molecule has 3 aliphatic heterocycles. The number of phenolic OH excluding ortho intramolecular Hbond substituents is 1. The number of fused-ring (bicyclic) bond motifs is 8. The first-order valence-corrected chi connectivity index (χ1v) is 28.4. The van der Waals surface area contributed by atoms with Crippen LogP contribution in [0.4, 0.5) is 5.82 Å². The van der Waals surface area contributed by atoms with E-state index in [1.807, 2.05) is 27.8 Å². The number of rotatable bonds is 3. The second-order valence-corrected chi connectivity index (χ2v) is 24.8. The summed E-state index contributed by atoms with van der Waals surface area (Å²) in [6.07, 6.45) is 26.3. The molecule has 5 fully saturated rings. The molecule has 4 saturated carbocycles. The van der Waals surface area contributed by atoms with Crippen LogP contribution in [0.5, 0.6) is 11.5 Å². The number of nitrogens with zero attached hydrogens (tertiary/aromatic N) is 3. The quantitative estimate of drug-likeness (QED) is 0.145. The zero-order valence-electron chi connectivity index (χ0n) is 40.2. The Kier molecular flexibility index (Phi) is 15.2. The van der Waals surface area contributed by atoms with Crippen LogP contribution in [0.25, 0.3) is 0 Å². The first-order chi connectivity index (χ1) is 32.4. The van der Waals surface area contributed by atoms with Gasteiger partial charge in [0.15, 0.2) is 17.5 Å². The number of aryl methyl sites for hydroxylation is 1. The van der Waals surface area contributed by atoms with Gasteiger partial charge in [-0.2, -0.15) is 0 Å². The number of hydrogen-bond acceptors (Lipinski definition) is 13. The fourth-order valence-electron chi connectivity index (χ4n) is 14.0. The fraction of sp³-hybridized carbons (Fsp3) is 0.736. The monoisotopic (exact) mass is 959 g/mol. The molecule has 1 aromatic heterocycles. The lowest BCUT2D eigenvalue weighted by atomic mass is 9.78. The molecule has 2 aromatic rings. The molecule has 7 N–H and O–H groups in total. The van der Waals surface area contributed by atoms with E-state index in [0.717, 1.165) is 73.8 Å². The number of nitrogens with two attached hydrogens (primary N) is 2. The zero-order valence-corrected chi connectivity index (χ0v) is 41.8. The maximum Gasteiger partial charge on any atom is 0.302 e. The van der Waals surface area contributed by atoms with Gasteiger partial charge in [0.25, 0.3) is 0 Å². The van der Waals surface area contributed by atoms with Crippen LogP contribution < -0.4 is 21.5 Å². The average molecular weight is 959 g/mol. The molecular formula is C53H78N6O6S2. The molecule has 67 heavy (non-hydrogen) atoms. The molecule has 368 valence electrons. The first kappa shape index (κ1) is 48.7. The maximum atomic E-state index is 14.4. The molecule has 9 rings (SSSR count). The normalized spacial score (nSPS) is 31.8. The third-order valence-corrected chi connectivity index (χ3v) is 21.0. The minimum Gasteiger partial charge on any atom is -0.504 e. The van der Waals surface area contributed by atoms with Gasteiger partial charge in [0.2, 0.25) is 5.91 Å². The number of aromatic nitrogens is 1. The minimum atomic E-state index is -0.573. The number of nitrogens with one attached hydrogen (secondary N) is 1. The summed E-state index contributed by atoms with van der Waals surface area (Å²) in [7, 11) is 4.11. The van der Waals surface area contributed by atoms with E-state index in [9.17, 15) is 19.8 Å². The smallest absolute Gasteiger partial charge is 0.302 e. The summed E-state index contributed by atoms with van der Waals surface area (Å²) in [4.78, 5) is 38.0. The predicted octanol–water partition coefficient (Wildman–Crippen LogP) is 9.69. The molecular weight excluding hydrogens is 881 g/mol. The lowest BCUT2D eigenvalue weighted by molar-refractivity contribution is -0.148. The summed E-state index contributed by atoms with van der Waals surface area (Å²) in [5.41, 5.74) is 17.0. The zero-order chi connectivity index (χ0) is 46.7. The fourth-order valence-corrected chi connectivity index (χ4v) is 18.3. The van der Waals surface area contributed by atoms with Gasteiger partial charge < -0.3 is 41.4 Å². The minimum absolute atomic E-state index is 0.0348. The SMILES string of the molecule is CC(=O)O[C@@H]1CCc2cc(c(O)c3c2CC[C@@H]2CCC[C@H]2O3)CN2C[C@@](Cc3ccnc(N)c3)(CCN=C(N)N[C@]3(CCCC34CCCC4)SSCC3(CCCC[C@H](O)C1)CCCC3)CC2=O. The Bertz CT molecular complexity index is 2100. The number of anilines is 1. The summed E-state index contributed by atoms with van der Waals surface area (Å²) in [5, 5.41) is 27.6. The number of aliphatic imine (C=N–C) groups is 1. The number of nitrogen functional groups attached to an aromatic ring is 1. The second kappa shape index (κ2) is 20.9. The van der Waals surface area contributed by atoms with Crippen molar-refractivity contribution in [2.24, 2.45) is 32.9 Å². The van der Waals surface area contributed by atoms with Crippen LogP contribution in [0.15, 0.2) is 29.4 Å². The lowest BCUT2D eigenvalue weighted by Crippen LogP contribution is -2.55. The average Bonchev–Trinajstić information content (AvgIpc) is 4.14. The molecule has 1 amide bonds. The highest BCUT2D eigenvalue weighted by molar-refractivity contribution is 8.77. The first-order valence-electron chi connectivity index (χ1n) is 26.1. The Balaban J connectivity index is 1.04. The van der Waals surface area contributed by atoms with E-state index in [1.165, 1.54) is 77.6 Å². The van der Waals surface area contributed by atoms with Crippen molar-refractivity contribution in [3.8, 4) is 11.5 Å². The largest absolute Gasteiger partial charge is 0.504 e. The number of benzene rings is 1. The lowest BCUT2D eigenvalue weighted by Gasteiger charge is -2.44. The van der Waals surface area contributed by atoms with Crippen molar-refractivity contribution in [1.29, 1.82) is 0 Å². The number of aromatic hydroxyl groups is 1. The van der Waals surface area contributed by atoms with Gasteiger partial charge >= 0.3 is 5.97 Å². The molecule has 1 saturated heterocycles. The van der Waals surface area contributed by atoms with Gasteiger partial charge in [-0.3, -0.25) is 14.6 Å². The van der Waals surface area contributed by atoms with Crippen molar-refractivity contribution >= 4 is 45.2 Å². The molecule has 4 heterocycles. The van der Waals surface area contributed by atoms with Crippen LogP contribution in [0.1, 0.15) is 177 Å². The molecule has 7 aliphatic rings. The van der Waals surface area contributed by atoms with E-state index in [0.29, 0.717) is 92.5 Å². The van der Waals surface area contributed by atoms with Gasteiger partial charge in [0.05, 0.1) is 6.10 Å². The highest BCUT2D eigenvalue weighted by atomic mass is 33.1. The van der Waals surface area contributed by atoms with Crippen LogP contribution >= 0.6 is 21.6 Å². The van der Waals surface area contributed by atoms with E-state index in [-0.39, 0.29) is 40.6 Å².